The molecule has 0 amide bonds. The summed E-state index contributed by atoms with van der Waals surface area (Å²) in [6, 6.07) is 0. The molecule has 15 heavy (non-hydrogen) atoms. The Morgan fingerprint density at radius 2 is 1.87 bits per heavy atom. The van der Waals surface area contributed by atoms with Crippen LogP contribution in [0.4, 0.5) is 8.78 Å². The molecule has 1 N–H and O–H groups in total. The Balaban J connectivity index is 3.21. The second-order valence-corrected chi connectivity index (χ2v) is 4.26. The quantitative estimate of drug-likeness (QED) is 0.436. The number of unbranched alkanes of at least 4 members (excludes halogenated alkanes) is 2. The van der Waals surface area contributed by atoms with Crippen LogP contribution in [0.15, 0.2) is 0 Å². The Hall–Kier alpha value is -0.180. The van der Waals surface area contributed by atoms with Crippen LogP contribution in [0.1, 0.15) is 52.4 Å². The molecule has 0 bridgehead atoms. The fourth-order valence-electron chi connectivity index (χ4n) is 1.39. The lowest BCUT2D eigenvalue weighted by Gasteiger charge is -2.12. The molecular formula is C12H25F2N. The van der Waals surface area contributed by atoms with Crippen molar-refractivity contribution in [2.24, 2.45) is 5.92 Å². The Morgan fingerprint density at radius 1 is 1.13 bits per heavy atom. The molecule has 2 atom stereocenters. The van der Waals surface area contributed by atoms with Gasteiger partial charge in [0.2, 0.25) is 0 Å². The van der Waals surface area contributed by atoms with Crippen molar-refractivity contribution in [3.63, 3.8) is 0 Å². The third kappa shape index (κ3) is 10.1. The molecular weight excluding hydrogens is 196 g/mol. The van der Waals surface area contributed by atoms with Crippen LogP contribution < -0.4 is 5.32 Å². The highest BCUT2D eigenvalue weighted by atomic mass is 19.1. The zero-order valence-corrected chi connectivity index (χ0v) is 10.1. The van der Waals surface area contributed by atoms with E-state index in [4.69, 9.17) is 0 Å². The summed E-state index contributed by atoms with van der Waals surface area (Å²) in [5, 5.41) is 2.86. The predicted octanol–water partition coefficient (Wildman–Crippen LogP) is 3.84. The van der Waals surface area contributed by atoms with Crippen molar-refractivity contribution in [1.82, 2.24) is 5.32 Å². The standard InChI is InChI=1S/C12H25F2N/c1-3-11(2)8-10-15-12(14)7-5-4-6-9-13/h11-12,15H,3-10H2,1-2H3. The smallest absolute Gasteiger partial charge is 0.151 e. The first-order valence-electron chi connectivity index (χ1n) is 6.14. The largest absolute Gasteiger partial charge is 0.288 e. The number of alkyl halides is 2. The van der Waals surface area contributed by atoms with E-state index in [0.717, 1.165) is 32.2 Å². The van der Waals surface area contributed by atoms with E-state index in [1.165, 1.54) is 0 Å². The molecule has 0 spiro atoms. The summed E-state index contributed by atoms with van der Waals surface area (Å²) in [6.07, 6.45) is 3.93. The minimum absolute atomic E-state index is 0.279. The van der Waals surface area contributed by atoms with E-state index in [2.05, 4.69) is 19.2 Å². The van der Waals surface area contributed by atoms with E-state index in [-0.39, 0.29) is 6.67 Å². The van der Waals surface area contributed by atoms with Gasteiger partial charge in [0.15, 0.2) is 6.30 Å². The SMILES string of the molecule is CCC(C)CCNC(F)CCCCCF. The fourth-order valence-corrected chi connectivity index (χ4v) is 1.39. The van der Waals surface area contributed by atoms with Crippen LogP contribution >= 0.6 is 0 Å². The van der Waals surface area contributed by atoms with Crippen molar-refractivity contribution >= 4 is 0 Å². The minimum atomic E-state index is -0.909. The van der Waals surface area contributed by atoms with Crippen LogP contribution in [0.5, 0.6) is 0 Å². The molecule has 0 heterocycles. The van der Waals surface area contributed by atoms with E-state index in [1.54, 1.807) is 0 Å². The highest BCUT2D eigenvalue weighted by Gasteiger charge is 2.05. The fraction of sp³-hybridized carbons (Fsp3) is 1.00. The summed E-state index contributed by atoms with van der Waals surface area (Å²) in [7, 11) is 0. The maximum Gasteiger partial charge on any atom is 0.151 e. The molecule has 0 aromatic heterocycles. The summed E-state index contributed by atoms with van der Waals surface area (Å²) in [4.78, 5) is 0. The molecule has 0 saturated heterocycles. The summed E-state index contributed by atoms with van der Waals surface area (Å²) in [5.41, 5.74) is 0. The van der Waals surface area contributed by atoms with Gasteiger partial charge in [0, 0.05) is 0 Å². The molecule has 2 unspecified atom stereocenters. The molecule has 1 nitrogen and oxygen atoms in total. The Labute approximate surface area is 92.6 Å². The first kappa shape index (κ1) is 14.8. The lowest BCUT2D eigenvalue weighted by molar-refractivity contribution is 0.244. The zero-order valence-electron chi connectivity index (χ0n) is 10.1. The van der Waals surface area contributed by atoms with Crippen molar-refractivity contribution in [2.75, 3.05) is 13.2 Å². The van der Waals surface area contributed by atoms with Gasteiger partial charge in [-0.15, -0.1) is 0 Å². The van der Waals surface area contributed by atoms with Gasteiger partial charge in [-0.3, -0.25) is 9.71 Å². The molecule has 0 fully saturated rings. The second-order valence-electron chi connectivity index (χ2n) is 4.26. The summed E-state index contributed by atoms with van der Waals surface area (Å²) in [6.45, 7) is 4.79. The van der Waals surface area contributed by atoms with Crippen LogP contribution in [-0.4, -0.2) is 19.5 Å². The van der Waals surface area contributed by atoms with Gasteiger partial charge in [-0.05, 0) is 38.1 Å². The van der Waals surface area contributed by atoms with Crippen molar-refractivity contribution in [3.8, 4) is 0 Å². The van der Waals surface area contributed by atoms with E-state index >= 15 is 0 Å². The van der Waals surface area contributed by atoms with Crippen molar-refractivity contribution in [3.05, 3.63) is 0 Å². The van der Waals surface area contributed by atoms with Crippen molar-refractivity contribution < 1.29 is 8.78 Å². The van der Waals surface area contributed by atoms with Gasteiger partial charge in [0.25, 0.3) is 0 Å². The third-order valence-corrected chi connectivity index (χ3v) is 2.79. The van der Waals surface area contributed by atoms with Gasteiger partial charge in [0.05, 0.1) is 6.67 Å². The first-order chi connectivity index (χ1) is 7.20. The molecule has 0 saturated carbocycles. The van der Waals surface area contributed by atoms with Gasteiger partial charge in [-0.1, -0.05) is 26.7 Å². The predicted molar refractivity (Wildman–Crippen MR) is 61.4 cm³/mol. The number of nitrogens with one attached hydrogen (secondary N) is 1. The molecule has 0 aliphatic rings. The number of hydrogen-bond donors (Lipinski definition) is 1. The third-order valence-electron chi connectivity index (χ3n) is 2.79. The molecule has 0 radical (unpaired) electrons. The van der Waals surface area contributed by atoms with E-state index < -0.39 is 6.30 Å². The molecule has 0 aromatic carbocycles. The molecule has 0 aromatic rings. The highest BCUT2D eigenvalue weighted by Crippen LogP contribution is 2.07. The molecule has 0 aliphatic carbocycles. The zero-order chi connectivity index (χ0) is 11.5. The second kappa shape index (κ2) is 10.3. The normalized spacial score (nSPS) is 15.2. The van der Waals surface area contributed by atoms with E-state index in [1.807, 2.05) is 0 Å². The minimum Gasteiger partial charge on any atom is -0.288 e. The molecule has 0 aliphatic heterocycles. The van der Waals surface area contributed by atoms with E-state index in [0.29, 0.717) is 18.8 Å². The molecule has 0 rings (SSSR count). The monoisotopic (exact) mass is 221 g/mol. The lowest BCUT2D eigenvalue weighted by Crippen LogP contribution is -2.26. The summed E-state index contributed by atoms with van der Waals surface area (Å²) < 4.78 is 24.9. The first-order valence-corrected chi connectivity index (χ1v) is 6.14. The van der Waals surface area contributed by atoms with Gasteiger partial charge in [-0.25, -0.2) is 4.39 Å². The van der Waals surface area contributed by atoms with Gasteiger partial charge in [0.1, 0.15) is 0 Å². The van der Waals surface area contributed by atoms with E-state index in [9.17, 15) is 8.78 Å². The van der Waals surface area contributed by atoms with Crippen molar-refractivity contribution in [2.45, 2.75) is 58.7 Å². The number of hydrogen-bond acceptors (Lipinski definition) is 1. The van der Waals surface area contributed by atoms with Crippen LogP contribution in [0.2, 0.25) is 0 Å². The van der Waals surface area contributed by atoms with Gasteiger partial charge < -0.3 is 0 Å². The number of halogens is 2. The summed E-state index contributed by atoms with van der Waals surface area (Å²) in [5.74, 6) is 0.663. The van der Waals surface area contributed by atoms with Gasteiger partial charge in [-0.2, -0.15) is 0 Å². The number of rotatable bonds is 10. The lowest BCUT2D eigenvalue weighted by atomic mass is 10.1. The topological polar surface area (TPSA) is 12.0 Å². The molecule has 3 heteroatoms. The molecule has 92 valence electrons. The van der Waals surface area contributed by atoms with Crippen molar-refractivity contribution in [1.29, 1.82) is 0 Å². The van der Waals surface area contributed by atoms with Crippen LogP contribution in [0.25, 0.3) is 0 Å². The Morgan fingerprint density at radius 3 is 2.47 bits per heavy atom. The summed E-state index contributed by atoms with van der Waals surface area (Å²) >= 11 is 0. The Kier molecular flexibility index (Phi) is 10.2. The average Bonchev–Trinajstić information content (AvgIpc) is 2.24. The average molecular weight is 221 g/mol. The van der Waals surface area contributed by atoms with Gasteiger partial charge >= 0.3 is 0 Å². The highest BCUT2D eigenvalue weighted by molar-refractivity contribution is 4.58. The van der Waals surface area contributed by atoms with Crippen LogP contribution in [-0.2, 0) is 0 Å². The van der Waals surface area contributed by atoms with Crippen LogP contribution in [0, 0.1) is 5.92 Å². The Bertz CT molecular complexity index is 131. The maximum atomic E-state index is 13.2. The van der Waals surface area contributed by atoms with Crippen LogP contribution in [0.3, 0.4) is 0 Å². The maximum absolute atomic E-state index is 13.2.